The van der Waals surface area contributed by atoms with Gasteiger partial charge < -0.3 is 5.32 Å². The normalized spacial score (nSPS) is 17.6. The molecule has 0 aliphatic heterocycles. The molecule has 2 rings (SSSR count). The Balaban J connectivity index is 1.76. The molecule has 15 heavy (non-hydrogen) atoms. The lowest BCUT2D eigenvalue weighted by Gasteiger charge is -2.22. The molecule has 1 heterocycles. The quantitative estimate of drug-likeness (QED) is 0.787. The number of carbonyl (C=O) groups is 1. The molecule has 0 spiro atoms. The van der Waals surface area contributed by atoms with E-state index in [4.69, 9.17) is 0 Å². The lowest BCUT2D eigenvalue weighted by Crippen LogP contribution is -2.37. The van der Waals surface area contributed by atoms with Crippen molar-refractivity contribution in [3.63, 3.8) is 0 Å². The third-order valence-electron chi connectivity index (χ3n) is 2.88. The lowest BCUT2D eigenvalue weighted by atomic mass is 9.95. The minimum Gasteiger partial charge on any atom is -0.353 e. The van der Waals surface area contributed by atoms with Crippen molar-refractivity contribution in [2.24, 2.45) is 0 Å². The van der Waals surface area contributed by atoms with Gasteiger partial charge in [0.2, 0.25) is 5.91 Å². The summed E-state index contributed by atoms with van der Waals surface area (Å²) in [7, 11) is 0. The summed E-state index contributed by atoms with van der Waals surface area (Å²) < 4.78 is 0. The molecule has 1 fully saturated rings. The summed E-state index contributed by atoms with van der Waals surface area (Å²) in [4.78, 5) is 11.6. The zero-order valence-corrected chi connectivity index (χ0v) is 8.83. The summed E-state index contributed by atoms with van der Waals surface area (Å²) in [6, 6.07) is 2.23. The summed E-state index contributed by atoms with van der Waals surface area (Å²) in [6.07, 6.45) is 8.15. The van der Waals surface area contributed by atoms with Crippen LogP contribution in [0.1, 0.15) is 37.8 Å². The lowest BCUT2D eigenvalue weighted by molar-refractivity contribution is -0.121. The first kappa shape index (κ1) is 10.2. The molecule has 0 unspecified atom stereocenters. The van der Waals surface area contributed by atoms with Crippen LogP contribution in [0.5, 0.6) is 0 Å². The third kappa shape index (κ3) is 3.08. The Kier molecular flexibility index (Phi) is 3.37. The molecule has 1 saturated carbocycles. The second kappa shape index (κ2) is 4.96. The maximum Gasteiger partial charge on any atom is 0.226 e. The summed E-state index contributed by atoms with van der Waals surface area (Å²) in [5, 5.41) is 9.68. The Labute approximate surface area is 89.5 Å². The molecule has 1 aromatic heterocycles. The number of aromatic amines is 1. The van der Waals surface area contributed by atoms with Gasteiger partial charge in [0.15, 0.2) is 0 Å². The molecule has 4 nitrogen and oxygen atoms in total. The third-order valence-corrected chi connectivity index (χ3v) is 2.88. The SMILES string of the molecule is O=C(Cc1ccn[nH]1)NC1CCCCC1. The van der Waals surface area contributed by atoms with Crippen LogP contribution >= 0.6 is 0 Å². The summed E-state index contributed by atoms with van der Waals surface area (Å²) in [6.45, 7) is 0. The van der Waals surface area contributed by atoms with Gasteiger partial charge in [-0.1, -0.05) is 19.3 Å². The van der Waals surface area contributed by atoms with E-state index in [2.05, 4.69) is 15.5 Å². The van der Waals surface area contributed by atoms with Crippen molar-refractivity contribution < 1.29 is 4.79 Å². The highest BCUT2D eigenvalue weighted by Gasteiger charge is 2.15. The number of nitrogens with one attached hydrogen (secondary N) is 2. The second-order valence-electron chi connectivity index (χ2n) is 4.16. The van der Waals surface area contributed by atoms with Crippen LogP contribution in [-0.4, -0.2) is 22.1 Å². The topological polar surface area (TPSA) is 57.8 Å². The number of hydrogen-bond acceptors (Lipinski definition) is 2. The fraction of sp³-hybridized carbons (Fsp3) is 0.636. The summed E-state index contributed by atoms with van der Waals surface area (Å²) in [5.74, 6) is 0.103. The van der Waals surface area contributed by atoms with E-state index in [1.165, 1.54) is 19.3 Å². The molecule has 0 atom stereocenters. The van der Waals surface area contributed by atoms with Crippen molar-refractivity contribution in [2.75, 3.05) is 0 Å². The van der Waals surface area contributed by atoms with E-state index in [1.807, 2.05) is 6.07 Å². The first-order chi connectivity index (χ1) is 7.34. The highest BCUT2D eigenvalue weighted by Crippen LogP contribution is 2.17. The molecule has 0 radical (unpaired) electrons. The minimum atomic E-state index is 0.103. The van der Waals surface area contributed by atoms with Gasteiger partial charge >= 0.3 is 0 Å². The molecule has 2 N–H and O–H groups in total. The van der Waals surface area contributed by atoms with Crippen LogP contribution in [0, 0.1) is 0 Å². The van der Waals surface area contributed by atoms with Gasteiger partial charge in [-0.15, -0.1) is 0 Å². The number of amides is 1. The summed E-state index contributed by atoms with van der Waals surface area (Å²) >= 11 is 0. The Morgan fingerprint density at radius 3 is 2.93 bits per heavy atom. The van der Waals surface area contributed by atoms with E-state index >= 15 is 0 Å². The summed E-state index contributed by atoms with van der Waals surface area (Å²) in [5.41, 5.74) is 0.878. The Morgan fingerprint density at radius 1 is 1.47 bits per heavy atom. The van der Waals surface area contributed by atoms with E-state index in [-0.39, 0.29) is 5.91 Å². The highest BCUT2D eigenvalue weighted by atomic mass is 16.1. The molecule has 0 aromatic carbocycles. The van der Waals surface area contributed by atoms with Crippen molar-refractivity contribution in [1.29, 1.82) is 0 Å². The number of nitrogens with zero attached hydrogens (tertiary/aromatic N) is 1. The fourth-order valence-electron chi connectivity index (χ4n) is 2.08. The first-order valence-corrected chi connectivity index (χ1v) is 5.62. The highest BCUT2D eigenvalue weighted by molar-refractivity contribution is 5.78. The molecule has 1 amide bonds. The standard InChI is InChI=1S/C11H17N3O/c15-11(8-10-6-7-12-14-10)13-9-4-2-1-3-5-9/h6-7,9H,1-5,8H2,(H,12,14)(H,13,15). The fourth-order valence-corrected chi connectivity index (χ4v) is 2.08. The Bertz CT molecular complexity index is 302. The van der Waals surface area contributed by atoms with E-state index in [0.717, 1.165) is 18.5 Å². The van der Waals surface area contributed by atoms with Crippen LogP contribution in [0.2, 0.25) is 0 Å². The molecule has 0 saturated heterocycles. The van der Waals surface area contributed by atoms with Crippen LogP contribution in [0.4, 0.5) is 0 Å². The second-order valence-corrected chi connectivity index (χ2v) is 4.16. The van der Waals surface area contributed by atoms with Crippen LogP contribution in [0.3, 0.4) is 0 Å². The van der Waals surface area contributed by atoms with E-state index in [9.17, 15) is 4.79 Å². The van der Waals surface area contributed by atoms with Gasteiger partial charge in [0.25, 0.3) is 0 Å². The van der Waals surface area contributed by atoms with Gasteiger partial charge in [-0.3, -0.25) is 9.89 Å². The van der Waals surface area contributed by atoms with Crippen molar-refractivity contribution >= 4 is 5.91 Å². The minimum absolute atomic E-state index is 0.103. The van der Waals surface area contributed by atoms with E-state index < -0.39 is 0 Å². The molecule has 1 aliphatic rings. The smallest absolute Gasteiger partial charge is 0.226 e. The maximum atomic E-state index is 11.6. The zero-order chi connectivity index (χ0) is 10.5. The molecule has 0 bridgehead atoms. The molecule has 1 aromatic rings. The van der Waals surface area contributed by atoms with Gasteiger partial charge in [0.1, 0.15) is 0 Å². The Hall–Kier alpha value is -1.32. The number of rotatable bonds is 3. The van der Waals surface area contributed by atoms with Crippen molar-refractivity contribution in [3.8, 4) is 0 Å². The maximum absolute atomic E-state index is 11.6. The van der Waals surface area contributed by atoms with Crippen molar-refractivity contribution in [1.82, 2.24) is 15.5 Å². The van der Waals surface area contributed by atoms with Crippen LogP contribution in [0.25, 0.3) is 0 Å². The molecular weight excluding hydrogens is 190 g/mol. The zero-order valence-electron chi connectivity index (χ0n) is 8.83. The van der Waals surface area contributed by atoms with Crippen LogP contribution in [0.15, 0.2) is 12.3 Å². The largest absolute Gasteiger partial charge is 0.353 e. The van der Waals surface area contributed by atoms with Gasteiger partial charge in [-0.05, 0) is 18.9 Å². The van der Waals surface area contributed by atoms with Gasteiger partial charge in [0, 0.05) is 17.9 Å². The van der Waals surface area contributed by atoms with Crippen LogP contribution in [-0.2, 0) is 11.2 Å². The van der Waals surface area contributed by atoms with Gasteiger partial charge in [0.05, 0.1) is 6.42 Å². The molecule has 82 valence electrons. The van der Waals surface area contributed by atoms with Gasteiger partial charge in [-0.2, -0.15) is 5.10 Å². The van der Waals surface area contributed by atoms with Crippen molar-refractivity contribution in [2.45, 2.75) is 44.6 Å². The van der Waals surface area contributed by atoms with Gasteiger partial charge in [-0.25, -0.2) is 0 Å². The molecular formula is C11H17N3O. The predicted octanol–water partition coefficient (Wildman–Crippen LogP) is 1.40. The number of carbonyl (C=O) groups excluding carboxylic acids is 1. The monoisotopic (exact) mass is 207 g/mol. The van der Waals surface area contributed by atoms with Crippen LogP contribution < -0.4 is 5.32 Å². The predicted molar refractivity (Wildman–Crippen MR) is 57.3 cm³/mol. The average Bonchev–Trinajstić information content (AvgIpc) is 2.71. The van der Waals surface area contributed by atoms with Crippen molar-refractivity contribution in [3.05, 3.63) is 18.0 Å². The van der Waals surface area contributed by atoms with E-state index in [1.54, 1.807) is 6.20 Å². The number of hydrogen-bond donors (Lipinski definition) is 2. The van der Waals surface area contributed by atoms with E-state index in [0.29, 0.717) is 12.5 Å². The average molecular weight is 207 g/mol. The first-order valence-electron chi connectivity index (χ1n) is 5.62. The molecule has 1 aliphatic carbocycles. The number of H-pyrrole nitrogens is 1. The number of aromatic nitrogens is 2. The Morgan fingerprint density at radius 2 is 2.27 bits per heavy atom. The molecule has 4 heteroatoms.